The molecule has 0 atom stereocenters. The predicted octanol–water partition coefficient (Wildman–Crippen LogP) is 3.46. The van der Waals surface area contributed by atoms with Crippen molar-refractivity contribution in [2.75, 3.05) is 0 Å². The van der Waals surface area contributed by atoms with E-state index in [1.165, 1.54) is 29.0 Å². The topological polar surface area (TPSA) is 87.9 Å². The minimum Gasteiger partial charge on any atom is -0.453 e. The highest BCUT2D eigenvalue weighted by Gasteiger charge is 2.16. The summed E-state index contributed by atoms with van der Waals surface area (Å²) in [7, 11) is 0. The van der Waals surface area contributed by atoms with Gasteiger partial charge >= 0.3 is 5.69 Å². The quantitative estimate of drug-likeness (QED) is 0.687. The number of halogens is 2. The van der Waals surface area contributed by atoms with Crippen molar-refractivity contribution < 1.29 is 9.13 Å². The smallest absolute Gasteiger partial charge is 0.328 e. The van der Waals surface area contributed by atoms with Crippen LogP contribution in [-0.4, -0.2) is 9.55 Å². The number of ether oxygens (including phenoxy) is 1. The van der Waals surface area contributed by atoms with Crippen molar-refractivity contribution in [1.29, 1.82) is 5.26 Å². The number of aryl methyl sites for hydroxylation is 1. The zero-order valence-electron chi connectivity index (χ0n) is 14.1. The highest BCUT2D eigenvalue weighted by molar-refractivity contribution is 9.10. The first-order chi connectivity index (χ1) is 12.9. The molecule has 0 fully saturated rings. The van der Waals surface area contributed by atoms with E-state index >= 15 is 0 Å². The molecule has 0 bridgehead atoms. The first-order valence-corrected chi connectivity index (χ1v) is 8.63. The monoisotopic (exact) mass is 429 g/mol. The molecule has 8 heteroatoms. The van der Waals surface area contributed by atoms with Crippen molar-refractivity contribution in [3.05, 3.63) is 90.4 Å². The van der Waals surface area contributed by atoms with Crippen molar-refractivity contribution in [3.8, 4) is 17.6 Å². The molecule has 0 saturated heterocycles. The molecule has 0 aliphatic heterocycles. The Kier molecular flexibility index (Phi) is 5.23. The van der Waals surface area contributed by atoms with Gasteiger partial charge in [0.25, 0.3) is 5.56 Å². The SMILES string of the molecule is Cc1cc(C#N)cc(Oc2c(Br)ccc(Cn3ccc(=O)[nH]c3=O)c2F)c1. The normalized spacial score (nSPS) is 10.4. The van der Waals surface area contributed by atoms with E-state index in [9.17, 15) is 14.0 Å². The van der Waals surface area contributed by atoms with Gasteiger partial charge in [0.15, 0.2) is 11.6 Å². The largest absolute Gasteiger partial charge is 0.453 e. The lowest BCUT2D eigenvalue weighted by Gasteiger charge is -2.13. The van der Waals surface area contributed by atoms with Crippen molar-refractivity contribution in [3.63, 3.8) is 0 Å². The van der Waals surface area contributed by atoms with E-state index in [1.54, 1.807) is 25.1 Å². The van der Waals surface area contributed by atoms with Gasteiger partial charge in [0.2, 0.25) is 0 Å². The molecule has 0 radical (unpaired) electrons. The van der Waals surface area contributed by atoms with Gasteiger partial charge in [-0.1, -0.05) is 6.07 Å². The summed E-state index contributed by atoms with van der Waals surface area (Å²) < 4.78 is 22.2. The number of rotatable bonds is 4. The third-order valence-corrected chi connectivity index (χ3v) is 4.39. The molecule has 0 amide bonds. The van der Waals surface area contributed by atoms with Crippen LogP contribution in [0.25, 0.3) is 0 Å². The fourth-order valence-electron chi connectivity index (χ4n) is 2.53. The Bertz CT molecular complexity index is 1180. The van der Waals surface area contributed by atoms with Crippen LogP contribution in [0.15, 0.2) is 56.7 Å². The van der Waals surface area contributed by atoms with Crippen LogP contribution in [0.4, 0.5) is 4.39 Å². The van der Waals surface area contributed by atoms with Crippen LogP contribution in [0.3, 0.4) is 0 Å². The number of H-pyrrole nitrogens is 1. The molecule has 1 heterocycles. The van der Waals surface area contributed by atoms with Crippen LogP contribution >= 0.6 is 15.9 Å². The van der Waals surface area contributed by atoms with Crippen molar-refractivity contribution in [2.45, 2.75) is 13.5 Å². The number of nitrogens with one attached hydrogen (secondary N) is 1. The molecule has 0 saturated carbocycles. The predicted molar refractivity (Wildman–Crippen MR) is 100 cm³/mol. The first-order valence-electron chi connectivity index (χ1n) is 7.83. The van der Waals surface area contributed by atoms with Crippen molar-refractivity contribution in [1.82, 2.24) is 9.55 Å². The molecule has 1 aromatic heterocycles. The minimum atomic E-state index is -0.650. The molecular weight excluding hydrogens is 417 g/mol. The standard InChI is InChI=1S/C19H13BrFN3O3/c1-11-6-12(9-22)8-14(7-11)27-18-15(20)3-2-13(17(18)21)10-24-5-4-16(25)23-19(24)26/h2-8H,10H2,1H3,(H,23,25,26). The molecule has 6 nitrogen and oxygen atoms in total. The number of nitrogens with zero attached hydrogens (tertiary/aromatic N) is 2. The van der Waals surface area contributed by atoms with Gasteiger partial charge in [0.05, 0.1) is 22.7 Å². The van der Waals surface area contributed by atoms with Gasteiger partial charge in [-0.2, -0.15) is 5.26 Å². The third kappa shape index (κ3) is 4.15. The second kappa shape index (κ2) is 7.60. The lowest BCUT2D eigenvalue weighted by atomic mass is 10.1. The van der Waals surface area contributed by atoms with E-state index in [-0.39, 0.29) is 17.9 Å². The van der Waals surface area contributed by atoms with Crippen LogP contribution in [0.2, 0.25) is 0 Å². The maximum atomic E-state index is 15.0. The maximum Gasteiger partial charge on any atom is 0.328 e. The molecule has 0 spiro atoms. The fourth-order valence-corrected chi connectivity index (χ4v) is 2.92. The van der Waals surface area contributed by atoms with Gasteiger partial charge in [0, 0.05) is 17.8 Å². The molecule has 0 aliphatic carbocycles. The number of nitriles is 1. The van der Waals surface area contributed by atoms with E-state index < -0.39 is 17.1 Å². The summed E-state index contributed by atoms with van der Waals surface area (Å²) in [6.07, 6.45) is 1.29. The third-order valence-electron chi connectivity index (χ3n) is 3.77. The zero-order valence-corrected chi connectivity index (χ0v) is 15.7. The Morgan fingerprint density at radius 2 is 2.04 bits per heavy atom. The molecule has 3 aromatic rings. The fraction of sp³-hybridized carbons (Fsp3) is 0.105. The Labute approximate surface area is 161 Å². The summed E-state index contributed by atoms with van der Waals surface area (Å²) in [5, 5.41) is 9.07. The molecule has 0 aliphatic rings. The van der Waals surface area contributed by atoms with E-state index in [0.717, 1.165) is 5.56 Å². The molecule has 27 heavy (non-hydrogen) atoms. The van der Waals surface area contributed by atoms with Gasteiger partial charge in [-0.05, 0) is 52.7 Å². The van der Waals surface area contributed by atoms with Gasteiger partial charge in [-0.3, -0.25) is 14.3 Å². The molecule has 0 unspecified atom stereocenters. The van der Waals surface area contributed by atoms with E-state index in [0.29, 0.717) is 15.8 Å². The van der Waals surface area contributed by atoms with E-state index in [1.807, 2.05) is 6.07 Å². The summed E-state index contributed by atoms with van der Waals surface area (Å²) in [5.74, 6) is -0.383. The number of benzene rings is 2. The van der Waals surface area contributed by atoms with Crippen LogP contribution in [0, 0.1) is 24.1 Å². The number of aromatic amines is 1. The zero-order chi connectivity index (χ0) is 19.6. The molecule has 2 aromatic carbocycles. The average molecular weight is 430 g/mol. The summed E-state index contributed by atoms with van der Waals surface area (Å²) >= 11 is 3.26. The molecule has 1 N–H and O–H groups in total. The summed E-state index contributed by atoms with van der Waals surface area (Å²) in [5.41, 5.74) is 0.249. The van der Waals surface area contributed by atoms with Crippen LogP contribution in [0.1, 0.15) is 16.7 Å². The summed E-state index contributed by atoms with van der Waals surface area (Å²) in [4.78, 5) is 25.1. The Balaban J connectivity index is 1.99. The van der Waals surface area contributed by atoms with Crippen LogP contribution in [0.5, 0.6) is 11.5 Å². The van der Waals surface area contributed by atoms with Crippen molar-refractivity contribution >= 4 is 15.9 Å². The molecule has 3 rings (SSSR count). The highest BCUT2D eigenvalue weighted by Crippen LogP contribution is 2.35. The summed E-state index contributed by atoms with van der Waals surface area (Å²) in [6.45, 7) is 1.72. The van der Waals surface area contributed by atoms with Gasteiger partial charge in [-0.15, -0.1) is 0 Å². The highest BCUT2D eigenvalue weighted by atomic mass is 79.9. The van der Waals surface area contributed by atoms with E-state index in [2.05, 4.69) is 20.9 Å². The van der Waals surface area contributed by atoms with Crippen LogP contribution < -0.4 is 16.0 Å². The van der Waals surface area contributed by atoms with Crippen molar-refractivity contribution in [2.24, 2.45) is 0 Å². The minimum absolute atomic E-state index is 0.0561. The molecular formula is C19H13BrFN3O3. The lowest BCUT2D eigenvalue weighted by molar-refractivity contribution is 0.433. The Hall–Kier alpha value is -3.18. The first kappa shape index (κ1) is 18.6. The number of hydrogen-bond donors (Lipinski definition) is 1. The Morgan fingerprint density at radius 1 is 1.26 bits per heavy atom. The van der Waals surface area contributed by atoms with Crippen LogP contribution in [-0.2, 0) is 6.54 Å². The van der Waals surface area contributed by atoms with Gasteiger partial charge in [-0.25, -0.2) is 9.18 Å². The second-order valence-corrected chi connectivity index (χ2v) is 6.69. The Morgan fingerprint density at radius 3 is 2.74 bits per heavy atom. The van der Waals surface area contributed by atoms with Gasteiger partial charge < -0.3 is 4.74 Å². The summed E-state index contributed by atoms with van der Waals surface area (Å²) in [6, 6.07) is 11.2. The number of aromatic nitrogens is 2. The second-order valence-electron chi connectivity index (χ2n) is 5.84. The lowest BCUT2D eigenvalue weighted by Crippen LogP contribution is -2.29. The van der Waals surface area contributed by atoms with E-state index in [4.69, 9.17) is 10.00 Å². The average Bonchev–Trinajstić information content (AvgIpc) is 2.62. The van der Waals surface area contributed by atoms with Gasteiger partial charge in [0.1, 0.15) is 5.75 Å². The maximum absolute atomic E-state index is 15.0. The molecule has 136 valence electrons. The number of hydrogen-bond acceptors (Lipinski definition) is 4.